The third kappa shape index (κ3) is 4.13. The quantitative estimate of drug-likeness (QED) is 0.300. The molecule has 0 radical (unpaired) electrons. The van der Waals surface area contributed by atoms with Gasteiger partial charge in [-0.15, -0.1) is 0 Å². The monoisotopic (exact) mass is 459 g/mol. The number of halogens is 3. The van der Waals surface area contributed by atoms with E-state index in [1.54, 1.807) is 36.4 Å². The molecule has 0 aliphatic heterocycles. The third-order valence-corrected chi connectivity index (χ3v) is 5.19. The highest BCUT2D eigenvalue weighted by molar-refractivity contribution is 5.81. The van der Waals surface area contributed by atoms with Gasteiger partial charge in [0.1, 0.15) is 11.5 Å². The van der Waals surface area contributed by atoms with Crippen molar-refractivity contribution in [2.24, 2.45) is 5.10 Å². The van der Waals surface area contributed by atoms with Crippen LogP contribution in [0, 0.1) is 0 Å². The average molecular weight is 459 g/mol. The second kappa shape index (κ2) is 8.47. The maximum Gasteiger partial charge on any atom is 0.416 e. The Bertz CT molecular complexity index is 1570. The third-order valence-electron chi connectivity index (χ3n) is 5.19. The van der Waals surface area contributed by atoms with Gasteiger partial charge < -0.3 is 4.42 Å². The lowest BCUT2D eigenvalue weighted by molar-refractivity contribution is -0.137. The first-order valence-electron chi connectivity index (χ1n) is 10.3. The first-order chi connectivity index (χ1) is 16.4. The number of hydrogen-bond donors (Lipinski definition) is 0. The average Bonchev–Trinajstić information content (AvgIpc) is 3.33. The summed E-state index contributed by atoms with van der Waals surface area (Å²) in [6.07, 6.45) is -3.20. The number of benzene rings is 3. The number of fused-ring (bicyclic) bond motifs is 1. The predicted octanol–water partition coefficient (Wildman–Crippen LogP) is 6.22. The number of hydrogen-bond acceptors (Lipinski definition) is 4. The summed E-state index contributed by atoms with van der Waals surface area (Å²) < 4.78 is 46.7. The zero-order valence-corrected chi connectivity index (χ0v) is 17.5. The van der Waals surface area contributed by atoms with Crippen LogP contribution in [0.3, 0.4) is 0 Å². The molecule has 0 aliphatic carbocycles. The Kier molecular flexibility index (Phi) is 5.33. The highest BCUT2D eigenvalue weighted by atomic mass is 19.4. The van der Waals surface area contributed by atoms with Crippen molar-refractivity contribution in [1.82, 2.24) is 9.66 Å². The van der Waals surface area contributed by atoms with E-state index in [0.29, 0.717) is 22.4 Å². The van der Waals surface area contributed by atoms with Crippen molar-refractivity contribution < 1.29 is 17.6 Å². The second-order valence-corrected chi connectivity index (χ2v) is 7.46. The molecule has 168 valence electrons. The van der Waals surface area contributed by atoms with E-state index in [1.165, 1.54) is 18.3 Å². The Morgan fingerprint density at radius 2 is 1.59 bits per heavy atom. The zero-order valence-electron chi connectivity index (χ0n) is 17.5. The highest BCUT2D eigenvalue weighted by Gasteiger charge is 2.31. The van der Waals surface area contributed by atoms with Gasteiger partial charge in [-0.1, -0.05) is 54.6 Å². The Morgan fingerprint density at radius 1 is 0.853 bits per heavy atom. The van der Waals surface area contributed by atoms with Crippen LogP contribution in [0.1, 0.15) is 11.3 Å². The number of nitrogens with zero attached hydrogens (tertiary/aromatic N) is 3. The molecule has 0 N–H and O–H groups in total. The van der Waals surface area contributed by atoms with Crippen molar-refractivity contribution in [3.05, 3.63) is 113 Å². The summed E-state index contributed by atoms with van der Waals surface area (Å²) >= 11 is 0. The number of furan rings is 1. The second-order valence-electron chi connectivity index (χ2n) is 7.46. The fraction of sp³-hybridized carbons (Fsp3) is 0.0385. The Labute approximate surface area is 191 Å². The molecule has 0 bridgehead atoms. The fourth-order valence-corrected chi connectivity index (χ4v) is 3.55. The van der Waals surface area contributed by atoms with Crippen molar-refractivity contribution in [1.29, 1.82) is 0 Å². The molecule has 0 amide bonds. The molecular weight excluding hydrogens is 443 g/mol. The molecule has 0 saturated carbocycles. The lowest BCUT2D eigenvalue weighted by Gasteiger charge is -2.11. The first kappa shape index (κ1) is 21.4. The van der Waals surface area contributed by atoms with Gasteiger partial charge in [-0.2, -0.15) is 22.9 Å². The summed E-state index contributed by atoms with van der Waals surface area (Å²) in [5.41, 5.74) is -0.0168. The van der Waals surface area contributed by atoms with Crippen LogP contribution in [-0.4, -0.2) is 15.9 Å². The number of rotatable bonds is 4. The molecule has 5 rings (SSSR count). The van der Waals surface area contributed by atoms with Crippen LogP contribution in [0.25, 0.3) is 33.6 Å². The van der Waals surface area contributed by atoms with Crippen LogP contribution >= 0.6 is 0 Å². The van der Waals surface area contributed by atoms with Crippen LogP contribution < -0.4 is 5.56 Å². The fourth-order valence-electron chi connectivity index (χ4n) is 3.55. The van der Waals surface area contributed by atoms with Gasteiger partial charge in [0.25, 0.3) is 5.56 Å². The van der Waals surface area contributed by atoms with Crippen molar-refractivity contribution in [3.8, 4) is 22.7 Å². The SMILES string of the molecule is O=c1c2ccccc2nc(-c2cccc(C(F)(F)F)c2)n1N=Cc1ccc(-c2ccccc2)o1. The minimum absolute atomic E-state index is 0.0131. The van der Waals surface area contributed by atoms with Crippen LogP contribution in [-0.2, 0) is 6.18 Å². The van der Waals surface area contributed by atoms with E-state index in [9.17, 15) is 18.0 Å². The molecule has 2 heterocycles. The van der Waals surface area contributed by atoms with Crippen LogP contribution in [0.4, 0.5) is 13.2 Å². The Balaban J connectivity index is 1.63. The maximum absolute atomic E-state index is 13.3. The molecule has 34 heavy (non-hydrogen) atoms. The summed E-state index contributed by atoms with van der Waals surface area (Å²) in [6, 6.07) is 24.1. The van der Waals surface area contributed by atoms with Gasteiger partial charge in [0.15, 0.2) is 5.82 Å². The molecule has 5 aromatic rings. The van der Waals surface area contributed by atoms with Gasteiger partial charge in [-0.05, 0) is 36.4 Å². The summed E-state index contributed by atoms with van der Waals surface area (Å²) in [7, 11) is 0. The van der Waals surface area contributed by atoms with Gasteiger partial charge in [-0.3, -0.25) is 4.79 Å². The molecule has 0 aliphatic rings. The Morgan fingerprint density at radius 3 is 2.38 bits per heavy atom. The van der Waals surface area contributed by atoms with Gasteiger partial charge >= 0.3 is 6.18 Å². The molecule has 3 aromatic carbocycles. The van der Waals surface area contributed by atoms with E-state index in [0.717, 1.165) is 22.4 Å². The van der Waals surface area contributed by atoms with Crippen molar-refractivity contribution in [3.63, 3.8) is 0 Å². The van der Waals surface area contributed by atoms with E-state index in [4.69, 9.17) is 4.42 Å². The molecule has 8 heteroatoms. The van der Waals surface area contributed by atoms with Crippen LogP contribution in [0.5, 0.6) is 0 Å². The van der Waals surface area contributed by atoms with E-state index < -0.39 is 17.3 Å². The van der Waals surface area contributed by atoms with Gasteiger partial charge in [0.2, 0.25) is 0 Å². The topological polar surface area (TPSA) is 60.4 Å². The van der Waals surface area contributed by atoms with E-state index in [-0.39, 0.29) is 11.4 Å². The number of aromatic nitrogens is 2. The summed E-state index contributed by atoms with van der Waals surface area (Å²) in [5, 5.41) is 4.53. The minimum atomic E-state index is -4.54. The largest absolute Gasteiger partial charge is 0.455 e. The molecule has 5 nitrogen and oxygen atoms in total. The smallest absolute Gasteiger partial charge is 0.416 e. The summed E-state index contributed by atoms with van der Waals surface area (Å²) in [6.45, 7) is 0. The van der Waals surface area contributed by atoms with Gasteiger partial charge in [0.05, 0.1) is 22.7 Å². The van der Waals surface area contributed by atoms with Crippen molar-refractivity contribution >= 4 is 17.1 Å². The molecule has 0 fully saturated rings. The predicted molar refractivity (Wildman–Crippen MR) is 124 cm³/mol. The van der Waals surface area contributed by atoms with E-state index in [1.807, 2.05) is 30.3 Å². The van der Waals surface area contributed by atoms with Crippen LogP contribution in [0.15, 0.2) is 105 Å². The Hall–Kier alpha value is -4.46. The lowest BCUT2D eigenvalue weighted by Crippen LogP contribution is -2.20. The number of alkyl halides is 3. The summed E-state index contributed by atoms with van der Waals surface area (Å²) in [4.78, 5) is 17.7. The van der Waals surface area contributed by atoms with Crippen LogP contribution in [0.2, 0.25) is 0 Å². The standard InChI is InChI=1S/C26H16F3N3O2/c27-26(28,29)19-10-6-9-18(15-19)24-31-22-12-5-4-11-21(22)25(33)32(24)30-16-20-13-14-23(34-20)17-7-2-1-3-8-17/h1-16H. The minimum Gasteiger partial charge on any atom is -0.455 e. The van der Waals surface area contributed by atoms with Crippen molar-refractivity contribution in [2.45, 2.75) is 6.18 Å². The first-order valence-corrected chi connectivity index (χ1v) is 10.3. The normalized spacial score (nSPS) is 12.0. The van der Waals surface area contributed by atoms with E-state index >= 15 is 0 Å². The maximum atomic E-state index is 13.3. The van der Waals surface area contributed by atoms with E-state index in [2.05, 4.69) is 10.1 Å². The molecule has 0 saturated heterocycles. The summed E-state index contributed by atoms with van der Waals surface area (Å²) in [5.74, 6) is 0.971. The van der Waals surface area contributed by atoms with Crippen molar-refractivity contribution in [2.75, 3.05) is 0 Å². The molecule has 2 aromatic heterocycles. The number of para-hydroxylation sites is 1. The van der Waals surface area contributed by atoms with Gasteiger partial charge in [-0.25, -0.2) is 4.98 Å². The van der Waals surface area contributed by atoms with Gasteiger partial charge in [0, 0.05) is 11.1 Å². The molecule has 0 unspecified atom stereocenters. The highest BCUT2D eigenvalue weighted by Crippen LogP contribution is 2.32. The molecular formula is C26H16F3N3O2. The molecule has 0 spiro atoms. The zero-order chi connectivity index (χ0) is 23.7. The molecule has 0 atom stereocenters. The lowest BCUT2D eigenvalue weighted by atomic mass is 10.1.